The summed E-state index contributed by atoms with van der Waals surface area (Å²) in [5, 5.41) is 11.9. The van der Waals surface area contributed by atoms with Crippen molar-refractivity contribution < 1.29 is 4.79 Å². The minimum absolute atomic E-state index is 0.0337. The van der Waals surface area contributed by atoms with Gasteiger partial charge in [0.1, 0.15) is 0 Å². The van der Waals surface area contributed by atoms with Crippen LogP contribution in [0.4, 0.5) is 0 Å². The predicted octanol–water partition coefficient (Wildman–Crippen LogP) is -0.114. The smallest absolute Gasteiger partial charge is 0.190 e. The number of nitroso groups, excluding NO2 is 1. The molecule has 0 spiro atoms. The Morgan fingerprint density at radius 2 is 2.31 bits per heavy atom. The van der Waals surface area contributed by atoms with Gasteiger partial charge in [0.15, 0.2) is 11.1 Å². The largest absolute Gasteiger partial charge is 0.370 e. The lowest BCUT2D eigenvalue weighted by molar-refractivity contribution is -0.110. The highest BCUT2D eigenvalue weighted by Gasteiger charge is 2.01. The molecule has 0 aromatic rings. The number of hydrogen-bond acceptors (Lipinski definition) is 5. The van der Waals surface area contributed by atoms with Crippen molar-refractivity contribution >= 4 is 22.8 Å². The summed E-state index contributed by atoms with van der Waals surface area (Å²) in [6.45, 7) is 0.506. The Kier molecular flexibility index (Phi) is 6.89. The molecule has 0 bridgehead atoms. The third-order valence-corrected chi connectivity index (χ3v) is 2.02. The van der Waals surface area contributed by atoms with Gasteiger partial charge in [0.2, 0.25) is 0 Å². The molecule has 0 aromatic carbocycles. The summed E-state index contributed by atoms with van der Waals surface area (Å²) in [5.74, 6) is 0.430. The zero-order chi connectivity index (χ0) is 10.1. The number of hydrogen-bond donors (Lipinski definition) is 3. The number of nitrogens with one attached hydrogen (secondary N) is 2. The summed E-state index contributed by atoms with van der Waals surface area (Å²) in [7, 11) is 0. The van der Waals surface area contributed by atoms with Gasteiger partial charge in [-0.3, -0.25) is 10.2 Å². The molecule has 0 heterocycles. The molecule has 0 fully saturated rings. The molecule has 6 nitrogen and oxygen atoms in total. The Morgan fingerprint density at radius 1 is 1.62 bits per heavy atom. The Balaban J connectivity index is 3.26. The lowest BCUT2D eigenvalue weighted by Crippen LogP contribution is -2.32. The van der Waals surface area contributed by atoms with Crippen LogP contribution in [0.25, 0.3) is 0 Å². The van der Waals surface area contributed by atoms with E-state index in [1.165, 1.54) is 0 Å². The number of rotatable bonds is 6. The van der Waals surface area contributed by atoms with Gasteiger partial charge < -0.3 is 11.1 Å². The fraction of sp³-hybridized carbons (Fsp3) is 0.667. The molecule has 0 unspecified atom stereocenters. The zero-order valence-corrected chi connectivity index (χ0v) is 7.89. The number of guanidine groups is 1. The van der Waals surface area contributed by atoms with Crippen LogP contribution in [0.5, 0.6) is 0 Å². The highest BCUT2D eigenvalue weighted by Crippen LogP contribution is 2.03. The Morgan fingerprint density at radius 3 is 2.85 bits per heavy atom. The standard InChI is InChI=1S/C6H12N4O2S/c7-6(8)9-3-4-13-5(11)1-2-10-12/h1-4H2,(H4,7,8,9). The molecule has 74 valence electrons. The average Bonchev–Trinajstić information content (AvgIpc) is 2.08. The number of carbonyl (C=O) groups is 1. The zero-order valence-electron chi connectivity index (χ0n) is 7.08. The van der Waals surface area contributed by atoms with Crippen LogP contribution in [0, 0.1) is 10.3 Å². The maximum absolute atomic E-state index is 10.9. The van der Waals surface area contributed by atoms with Crippen LogP contribution < -0.4 is 11.1 Å². The second kappa shape index (κ2) is 7.53. The van der Waals surface area contributed by atoms with Gasteiger partial charge in [-0.2, -0.15) is 4.91 Å². The van der Waals surface area contributed by atoms with E-state index in [4.69, 9.17) is 11.1 Å². The fourth-order valence-electron chi connectivity index (χ4n) is 0.560. The molecule has 0 saturated carbocycles. The molecule has 7 heteroatoms. The summed E-state index contributed by atoms with van der Waals surface area (Å²) in [5.41, 5.74) is 5.01. The predicted molar refractivity (Wildman–Crippen MR) is 52.7 cm³/mol. The van der Waals surface area contributed by atoms with Gasteiger partial charge in [-0.15, -0.1) is 0 Å². The maximum Gasteiger partial charge on any atom is 0.190 e. The first-order chi connectivity index (χ1) is 6.16. The summed E-state index contributed by atoms with van der Waals surface area (Å²) in [6.07, 6.45) is 0.175. The first-order valence-electron chi connectivity index (χ1n) is 3.69. The minimum atomic E-state index is -0.109. The molecule has 4 N–H and O–H groups in total. The summed E-state index contributed by atoms with van der Waals surface area (Å²) in [6, 6.07) is 0. The molecule has 0 saturated heterocycles. The van der Waals surface area contributed by atoms with E-state index in [2.05, 4.69) is 10.5 Å². The van der Waals surface area contributed by atoms with Gasteiger partial charge in [0, 0.05) is 18.7 Å². The van der Waals surface area contributed by atoms with Gasteiger partial charge in [-0.1, -0.05) is 16.9 Å². The third-order valence-electron chi connectivity index (χ3n) is 1.09. The van der Waals surface area contributed by atoms with Crippen molar-refractivity contribution in [1.82, 2.24) is 5.32 Å². The van der Waals surface area contributed by atoms with Gasteiger partial charge in [0.05, 0.1) is 6.54 Å². The maximum atomic E-state index is 10.9. The Labute approximate surface area is 80.1 Å². The van der Waals surface area contributed by atoms with Crippen molar-refractivity contribution in [3.05, 3.63) is 4.91 Å². The van der Waals surface area contributed by atoms with Crippen molar-refractivity contribution in [1.29, 1.82) is 5.41 Å². The first kappa shape index (κ1) is 11.9. The van der Waals surface area contributed by atoms with Crippen LogP contribution in [0.15, 0.2) is 5.18 Å². The topological polar surface area (TPSA) is 108 Å². The van der Waals surface area contributed by atoms with Crippen molar-refractivity contribution in [2.75, 3.05) is 18.8 Å². The van der Waals surface area contributed by atoms with Crippen molar-refractivity contribution in [2.45, 2.75) is 6.42 Å². The van der Waals surface area contributed by atoms with Gasteiger partial charge in [-0.25, -0.2) is 0 Å². The quantitative estimate of drug-likeness (QED) is 0.242. The van der Waals surface area contributed by atoms with E-state index in [0.29, 0.717) is 12.3 Å². The van der Waals surface area contributed by atoms with Crippen molar-refractivity contribution in [3.63, 3.8) is 0 Å². The average molecular weight is 204 g/mol. The third kappa shape index (κ3) is 8.80. The molecule has 0 atom stereocenters. The number of nitrogens with zero attached hydrogens (tertiary/aromatic N) is 1. The number of thioether (sulfide) groups is 1. The molecule has 0 aliphatic carbocycles. The van der Waals surface area contributed by atoms with Crippen molar-refractivity contribution in [3.8, 4) is 0 Å². The van der Waals surface area contributed by atoms with Crippen molar-refractivity contribution in [2.24, 2.45) is 10.9 Å². The second-order valence-corrected chi connectivity index (χ2v) is 3.32. The normalized spacial score (nSPS) is 9.23. The van der Waals surface area contributed by atoms with Crippen LogP contribution in [0.1, 0.15) is 6.42 Å². The van der Waals surface area contributed by atoms with E-state index in [-0.39, 0.29) is 24.0 Å². The minimum Gasteiger partial charge on any atom is -0.370 e. The van der Waals surface area contributed by atoms with E-state index in [0.717, 1.165) is 11.8 Å². The monoisotopic (exact) mass is 204 g/mol. The number of carbonyl (C=O) groups excluding carboxylic acids is 1. The second-order valence-electron chi connectivity index (χ2n) is 2.16. The lowest BCUT2D eigenvalue weighted by atomic mass is 10.5. The molecule has 0 amide bonds. The Hall–Kier alpha value is -1.11. The van der Waals surface area contributed by atoms with E-state index >= 15 is 0 Å². The molecule has 13 heavy (non-hydrogen) atoms. The van der Waals surface area contributed by atoms with E-state index in [1.807, 2.05) is 0 Å². The van der Waals surface area contributed by atoms with Crippen LogP contribution in [0.2, 0.25) is 0 Å². The highest BCUT2D eigenvalue weighted by atomic mass is 32.2. The van der Waals surface area contributed by atoms with Crippen LogP contribution in [-0.4, -0.2) is 29.9 Å². The van der Waals surface area contributed by atoms with Gasteiger partial charge >= 0.3 is 0 Å². The SMILES string of the molecule is N=C(N)NCCSC(=O)CCN=O. The summed E-state index contributed by atoms with van der Waals surface area (Å²) < 4.78 is 0. The van der Waals surface area contributed by atoms with Crippen LogP contribution in [-0.2, 0) is 4.79 Å². The van der Waals surface area contributed by atoms with Gasteiger partial charge in [0.25, 0.3) is 0 Å². The number of nitrogens with two attached hydrogens (primary N) is 1. The first-order valence-corrected chi connectivity index (χ1v) is 4.68. The van der Waals surface area contributed by atoms with Crippen LogP contribution in [0.3, 0.4) is 0 Å². The highest BCUT2D eigenvalue weighted by molar-refractivity contribution is 8.13. The van der Waals surface area contributed by atoms with Gasteiger partial charge in [-0.05, 0) is 0 Å². The van der Waals surface area contributed by atoms with E-state index in [9.17, 15) is 9.70 Å². The van der Waals surface area contributed by atoms with Crippen LogP contribution >= 0.6 is 11.8 Å². The molecular formula is C6H12N4O2S. The molecule has 0 radical (unpaired) electrons. The molecule has 0 rings (SSSR count). The summed E-state index contributed by atoms with van der Waals surface area (Å²) >= 11 is 1.11. The molecular weight excluding hydrogens is 192 g/mol. The van der Waals surface area contributed by atoms with E-state index < -0.39 is 0 Å². The lowest BCUT2D eigenvalue weighted by Gasteiger charge is -2.01. The van der Waals surface area contributed by atoms with E-state index in [1.54, 1.807) is 0 Å². The molecule has 0 aliphatic heterocycles. The Bertz CT molecular complexity index is 197. The molecule has 0 aliphatic rings. The fourth-order valence-corrected chi connectivity index (χ4v) is 1.23. The summed E-state index contributed by atoms with van der Waals surface area (Å²) in [4.78, 5) is 20.6. The molecule has 0 aromatic heterocycles.